The van der Waals surface area contributed by atoms with Crippen LogP contribution in [0.5, 0.6) is 0 Å². The van der Waals surface area contributed by atoms with Gasteiger partial charge in [0, 0.05) is 48.3 Å². The monoisotopic (exact) mass is 512 g/mol. The molecule has 4 aromatic rings. The van der Waals surface area contributed by atoms with Crippen LogP contribution in [0.15, 0.2) is 60.9 Å². The Morgan fingerprint density at radius 2 is 1.74 bits per heavy atom. The molecule has 196 valence electrons. The van der Waals surface area contributed by atoms with Gasteiger partial charge >= 0.3 is 0 Å². The molecular weight excluding hydrogens is 480 g/mol. The molecule has 0 aliphatic carbocycles. The van der Waals surface area contributed by atoms with Gasteiger partial charge in [0.25, 0.3) is 5.91 Å². The predicted molar refractivity (Wildman–Crippen MR) is 147 cm³/mol. The van der Waals surface area contributed by atoms with E-state index in [2.05, 4.69) is 46.4 Å². The summed E-state index contributed by atoms with van der Waals surface area (Å²) >= 11 is 0. The number of anilines is 3. The summed E-state index contributed by atoms with van der Waals surface area (Å²) in [5.74, 6) is 0.521. The van der Waals surface area contributed by atoms with E-state index >= 15 is 0 Å². The lowest BCUT2D eigenvalue weighted by Crippen LogP contribution is -2.48. The average Bonchev–Trinajstić information content (AvgIpc) is 3.38. The second-order valence-corrected chi connectivity index (χ2v) is 10.6. The van der Waals surface area contributed by atoms with Crippen LogP contribution >= 0.6 is 0 Å². The molecule has 2 aromatic heterocycles. The van der Waals surface area contributed by atoms with Gasteiger partial charge in [0.15, 0.2) is 11.5 Å². The molecule has 1 aliphatic heterocycles. The first kappa shape index (κ1) is 25.2. The van der Waals surface area contributed by atoms with Crippen LogP contribution in [0.1, 0.15) is 59.9 Å². The van der Waals surface area contributed by atoms with E-state index in [0.29, 0.717) is 35.1 Å². The zero-order chi connectivity index (χ0) is 26.9. The van der Waals surface area contributed by atoms with Gasteiger partial charge in [-0.3, -0.25) is 9.59 Å². The minimum absolute atomic E-state index is 0.0293. The normalized spacial score (nSPS) is 15.9. The summed E-state index contributed by atoms with van der Waals surface area (Å²) in [4.78, 5) is 35.6. The zero-order valence-electron chi connectivity index (χ0n) is 21.8. The molecule has 1 aliphatic rings. The highest BCUT2D eigenvalue weighted by Crippen LogP contribution is 2.24. The summed E-state index contributed by atoms with van der Waals surface area (Å²) in [6.07, 6.45) is 5.22. The van der Waals surface area contributed by atoms with Crippen molar-refractivity contribution < 1.29 is 9.59 Å². The number of nitrogens with two attached hydrogens (primary N) is 1. The zero-order valence-corrected chi connectivity index (χ0v) is 21.8. The predicted octanol–water partition coefficient (Wildman–Crippen LogP) is 3.66. The minimum atomic E-state index is -0.481. The maximum atomic E-state index is 13.0. The quantitative estimate of drug-likeness (QED) is 0.359. The van der Waals surface area contributed by atoms with E-state index in [9.17, 15) is 9.59 Å². The van der Waals surface area contributed by atoms with Gasteiger partial charge in [0.1, 0.15) is 0 Å². The van der Waals surface area contributed by atoms with Crippen LogP contribution in [0.2, 0.25) is 0 Å². The highest BCUT2D eigenvalue weighted by atomic mass is 16.2. The first-order chi connectivity index (χ1) is 18.2. The first-order valence-corrected chi connectivity index (χ1v) is 12.7. The van der Waals surface area contributed by atoms with E-state index in [4.69, 9.17) is 10.7 Å². The number of benzene rings is 2. The van der Waals surface area contributed by atoms with Gasteiger partial charge < -0.3 is 21.3 Å². The lowest BCUT2D eigenvalue weighted by Gasteiger charge is -2.33. The maximum absolute atomic E-state index is 13.0. The van der Waals surface area contributed by atoms with Crippen molar-refractivity contribution in [3.8, 4) is 0 Å². The summed E-state index contributed by atoms with van der Waals surface area (Å²) in [5, 5.41) is 11.1. The van der Waals surface area contributed by atoms with Crippen LogP contribution in [0.3, 0.4) is 0 Å². The topological polar surface area (TPSA) is 131 Å². The van der Waals surface area contributed by atoms with Crippen molar-refractivity contribution in [2.24, 2.45) is 5.73 Å². The molecule has 0 radical (unpaired) electrons. The van der Waals surface area contributed by atoms with Crippen molar-refractivity contribution >= 4 is 34.9 Å². The Bertz CT molecular complexity index is 1460. The van der Waals surface area contributed by atoms with E-state index in [1.165, 1.54) is 5.56 Å². The van der Waals surface area contributed by atoms with Crippen molar-refractivity contribution in [2.75, 3.05) is 23.3 Å². The molecule has 0 bridgehead atoms. The van der Waals surface area contributed by atoms with Gasteiger partial charge in [0.05, 0.1) is 0 Å². The Kier molecular flexibility index (Phi) is 6.71. The average molecular weight is 513 g/mol. The number of carbonyl (C=O) groups excluding carboxylic acids is 2. The largest absolute Gasteiger partial charge is 0.366 e. The van der Waals surface area contributed by atoms with Crippen LogP contribution in [0.25, 0.3) is 5.65 Å². The van der Waals surface area contributed by atoms with E-state index in [0.717, 1.165) is 25.1 Å². The van der Waals surface area contributed by atoms with Gasteiger partial charge in [-0.2, -0.15) is 4.98 Å². The molecule has 3 heterocycles. The van der Waals surface area contributed by atoms with Gasteiger partial charge in [-0.1, -0.05) is 32.9 Å². The van der Waals surface area contributed by atoms with Crippen LogP contribution in [0, 0.1) is 0 Å². The van der Waals surface area contributed by atoms with Gasteiger partial charge in [-0.15, -0.1) is 5.10 Å². The number of piperidine rings is 1. The van der Waals surface area contributed by atoms with E-state index in [-0.39, 0.29) is 17.4 Å². The van der Waals surface area contributed by atoms with Crippen molar-refractivity contribution in [2.45, 2.75) is 45.1 Å². The Balaban J connectivity index is 1.31. The molecule has 0 saturated carbocycles. The molecule has 10 nitrogen and oxygen atoms in total. The molecule has 1 saturated heterocycles. The highest BCUT2D eigenvalue weighted by Gasteiger charge is 2.25. The molecule has 2 amide bonds. The Morgan fingerprint density at radius 3 is 2.42 bits per heavy atom. The van der Waals surface area contributed by atoms with E-state index < -0.39 is 5.91 Å². The number of imidazole rings is 1. The summed E-state index contributed by atoms with van der Waals surface area (Å²) < 4.78 is 1.68. The molecule has 1 atom stereocenters. The summed E-state index contributed by atoms with van der Waals surface area (Å²) in [5.41, 5.74) is 8.98. The van der Waals surface area contributed by atoms with Crippen molar-refractivity contribution in [1.29, 1.82) is 0 Å². The first-order valence-electron chi connectivity index (χ1n) is 12.7. The third-order valence-electron chi connectivity index (χ3n) is 6.73. The number of nitrogens with zero attached hydrogens (tertiary/aromatic N) is 5. The number of amides is 2. The van der Waals surface area contributed by atoms with E-state index in [1.807, 2.05) is 24.3 Å². The number of carbonyl (C=O) groups is 2. The summed E-state index contributed by atoms with van der Waals surface area (Å²) in [7, 11) is 0. The molecule has 2 aromatic carbocycles. The SMILES string of the molecule is CC(C)(C)c1ccc(C(=O)N[C@@H]2CCCN(c3nc(Nc4ccc(C(N)=O)cc4)c4nccn4n3)C2)cc1. The third kappa shape index (κ3) is 5.44. The summed E-state index contributed by atoms with van der Waals surface area (Å²) in [6.45, 7) is 7.84. The number of primary amides is 1. The van der Waals surface area contributed by atoms with Crippen molar-refractivity contribution in [3.63, 3.8) is 0 Å². The maximum Gasteiger partial charge on any atom is 0.251 e. The lowest BCUT2D eigenvalue weighted by atomic mass is 9.86. The van der Waals surface area contributed by atoms with Crippen LogP contribution in [-0.4, -0.2) is 50.5 Å². The fourth-order valence-electron chi connectivity index (χ4n) is 4.56. The Labute approximate surface area is 221 Å². The van der Waals surface area contributed by atoms with Crippen LogP contribution in [0.4, 0.5) is 17.5 Å². The van der Waals surface area contributed by atoms with Gasteiger partial charge in [-0.25, -0.2) is 9.50 Å². The molecular formula is C28H32N8O2. The molecule has 0 spiro atoms. The number of aromatic nitrogens is 4. The number of hydrogen-bond acceptors (Lipinski definition) is 7. The number of hydrogen-bond donors (Lipinski definition) is 3. The number of fused-ring (bicyclic) bond motifs is 1. The third-order valence-corrected chi connectivity index (χ3v) is 6.73. The van der Waals surface area contributed by atoms with Crippen molar-refractivity contribution in [3.05, 3.63) is 77.6 Å². The van der Waals surface area contributed by atoms with E-state index in [1.54, 1.807) is 41.2 Å². The lowest BCUT2D eigenvalue weighted by molar-refractivity contribution is 0.0932. The summed E-state index contributed by atoms with van der Waals surface area (Å²) in [6, 6.07) is 14.6. The standard InChI is InChI=1S/C28H32N8O2/c1-28(2,3)20-10-6-19(7-11-20)26(38)32-22-5-4-15-35(17-22)27-33-24(25-30-14-16-36(25)34-27)31-21-12-8-18(9-13-21)23(29)37/h6-14,16,22H,4-5,15,17H2,1-3H3,(H2,29,37)(H,32,38)(H,31,33,34)/t22-/m1/s1. The Hall–Kier alpha value is -4.47. The minimum Gasteiger partial charge on any atom is -0.366 e. The fourth-order valence-corrected chi connectivity index (χ4v) is 4.56. The van der Waals surface area contributed by atoms with Gasteiger partial charge in [0.2, 0.25) is 11.9 Å². The molecule has 10 heteroatoms. The molecule has 5 rings (SSSR count). The number of rotatable bonds is 6. The molecule has 38 heavy (non-hydrogen) atoms. The van der Waals surface area contributed by atoms with Crippen LogP contribution < -0.4 is 21.3 Å². The highest BCUT2D eigenvalue weighted by molar-refractivity contribution is 5.94. The van der Waals surface area contributed by atoms with Gasteiger partial charge in [-0.05, 0) is 60.2 Å². The Morgan fingerprint density at radius 1 is 1.03 bits per heavy atom. The van der Waals surface area contributed by atoms with Crippen LogP contribution in [-0.2, 0) is 5.41 Å². The molecule has 4 N–H and O–H groups in total. The van der Waals surface area contributed by atoms with Crippen molar-refractivity contribution in [1.82, 2.24) is 24.9 Å². The smallest absolute Gasteiger partial charge is 0.251 e. The number of nitrogens with one attached hydrogen (secondary N) is 2. The second-order valence-electron chi connectivity index (χ2n) is 10.6. The molecule has 1 fully saturated rings. The fraction of sp³-hybridized carbons (Fsp3) is 0.321. The second kappa shape index (κ2) is 10.1. The molecule has 0 unspecified atom stereocenters.